The number of aryl methyl sites for hydroxylation is 1. The SMILES string of the molecule is Cc1c(-c2ccc(N)cn2)c2c(Cl)cccc2n1C. The summed E-state index contributed by atoms with van der Waals surface area (Å²) in [4.78, 5) is 4.42. The third kappa shape index (κ3) is 1.78. The van der Waals surface area contributed by atoms with Gasteiger partial charge >= 0.3 is 0 Å². The van der Waals surface area contributed by atoms with Crippen LogP contribution in [0.25, 0.3) is 22.2 Å². The lowest BCUT2D eigenvalue weighted by Gasteiger charge is -2.03. The Bertz CT molecular complexity index is 757. The first-order chi connectivity index (χ1) is 9.09. The van der Waals surface area contributed by atoms with Crippen molar-refractivity contribution in [2.45, 2.75) is 6.92 Å². The summed E-state index contributed by atoms with van der Waals surface area (Å²) in [5.74, 6) is 0. The monoisotopic (exact) mass is 271 g/mol. The van der Waals surface area contributed by atoms with E-state index in [1.54, 1.807) is 6.20 Å². The number of benzene rings is 1. The molecule has 2 N–H and O–H groups in total. The lowest BCUT2D eigenvalue weighted by molar-refractivity contribution is 0.919. The number of nitrogens with two attached hydrogens (primary N) is 1. The van der Waals surface area contributed by atoms with Crippen molar-refractivity contribution in [3.63, 3.8) is 0 Å². The zero-order valence-corrected chi connectivity index (χ0v) is 11.6. The van der Waals surface area contributed by atoms with Crippen LogP contribution in [-0.2, 0) is 7.05 Å². The van der Waals surface area contributed by atoms with Gasteiger partial charge < -0.3 is 10.3 Å². The number of aromatic nitrogens is 2. The molecule has 0 radical (unpaired) electrons. The highest BCUT2D eigenvalue weighted by atomic mass is 35.5. The molecule has 0 aliphatic rings. The number of hydrogen-bond acceptors (Lipinski definition) is 2. The van der Waals surface area contributed by atoms with Crippen LogP contribution in [-0.4, -0.2) is 9.55 Å². The minimum absolute atomic E-state index is 0.660. The lowest BCUT2D eigenvalue weighted by Crippen LogP contribution is -1.92. The number of hydrogen-bond donors (Lipinski definition) is 1. The number of nitrogen functional groups attached to an aromatic ring is 1. The van der Waals surface area contributed by atoms with E-state index in [0.717, 1.165) is 32.9 Å². The van der Waals surface area contributed by atoms with Crippen molar-refractivity contribution in [2.75, 3.05) is 5.73 Å². The third-order valence-electron chi connectivity index (χ3n) is 3.51. The third-order valence-corrected chi connectivity index (χ3v) is 3.83. The van der Waals surface area contributed by atoms with E-state index < -0.39 is 0 Å². The highest BCUT2D eigenvalue weighted by molar-refractivity contribution is 6.36. The molecule has 0 fully saturated rings. The summed E-state index contributed by atoms with van der Waals surface area (Å²) in [6.07, 6.45) is 1.67. The first-order valence-corrected chi connectivity index (χ1v) is 6.43. The minimum atomic E-state index is 0.660. The summed E-state index contributed by atoms with van der Waals surface area (Å²) < 4.78 is 2.13. The Morgan fingerprint density at radius 1 is 1.21 bits per heavy atom. The van der Waals surface area contributed by atoms with Crippen LogP contribution in [0.3, 0.4) is 0 Å². The molecule has 2 heterocycles. The summed E-state index contributed by atoms with van der Waals surface area (Å²) >= 11 is 6.36. The molecule has 0 atom stereocenters. The highest BCUT2D eigenvalue weighted by Crippen LogP contribution is 2.37. The molecule has 0 saturated carbocycles. The zero-order valence-electron chi connectivity index (χ0n) is 10.8. The van der Waals surface area contributed by atoms with Crippen LogP contribution in [0.2, 0.25) is 5.02 Å². The van der Waals surface area contributed by atoms with E-state index in [1.165, 1.54) is 0 Å². The minimum Gasteiger partial charge on any atom is -0.397 e. The first-order valence-electron chi connectivity index (χ1n) is 6.05. The largest absolute Gasteiger partial charge is 0.397 e. The van der Waals surface area contributed by atoms with Gasteiger partial charge in [0, 0.05) is 23.7 Å². The molecule has 2 aromatic heterocycles. The molecule has 0 saturated heterocycles. The lowest BCUT2D eigenvalue weighted by atomic mass is 10.1. The second kappa shape index (κ2) is 4.28. The van der Waals surface area contributed by atoms with Gasteiger partial charge in [-0.05, 0) is 31.2 Å². The standard InChI is InChI=1S/C15H14ClN3/c1-9-14(12-7-6-10(17)8-18-12)15-11(16)4-3-5-13(15)19(9)2/h3-8H,17H2,1-2H3. The molecule has 0 unspecified atom stereocenters. The van der Waals surface area contributed by atoms with E-state index in [4.69, 9.17) is 17.3 Å². The van der Waals surface area contributed by atoms with Gasteiger partial charge in [-0.2, -0.15) is 0 Å². The summed E-state index contributed by atoms with van der Waals surface area (Å²) in [6, 6.07) is 9.72. The van der Waals surface area contributed by atoms with E-state index >= 15 is 0 Å². The second-order valence-corrected chi connectivity index (χ2v) is 5.04. The topological polar surface area (TPSA) is 43.8 Å². The fraction of sp³-hybridized carbons (Fsp3) is 0.133. The Morgan fingerprint density at radius 2 is 2.00 bits per heavy atom. The summed E-state index contributed by atoms with van der Waals surface area (Å²) in [7, 11) is 2.04. The van der Waals surface area contributed by atoms with Gasteiger partial charge in [-0.1, -0.05) is 17.7 Å². The summed E-state index contributed by atoms with van der Waals surface area (Å²) in [5, 5.41) is 1.79. The molecule has 3 nitrogen and oxygen atoms in total. The number of nitrogens with zero attached hydrogens (tertiary/aromatic N) is 2. The maximum Gasteiger partial charge on any atom is 0.0728 e. The highest BCUT2D eigenvalue weighted by Gasteiger charge is 2.16. The van der Waals surface area contributed by atoms with Crippen LogP contribution in [0.5, 0.6) is 0 Å². The van der Waals surface area contributed by atoms with Crippen LogP contribution in [0, 0.1) is 6.92 Å². The molecular weight excluding hydrogens is 258 g/mol. The number of fused-ring (bicyclic) bond motifs is 1. The van der Waals surface area contributed by atoms with Crippen molar-refractivity contribution in [3.05, 3.63) is 47.2 Å². The molecule has 0 aliphatic carbocycles. The fourth-order valence-electron chi connectivity index (χ4n) is 2.44. The molecule has 3 rings (SSSR count). The zero-order chi connectivity index (χ0) is 13.6. The van der Waals surface area contributed by atoms with E-state index in [9.17, 15) is 0 Å². The average Bonchev–Trinajstić information content (AvgIpc) is 2.66. The molecule has 1 aromatic carbocycles. The Labute approximate surface area is 116 Å². The van der Waals surface area contributed by atoms with Gasteiger partial charge in [-0.15, -0.1) is 0 Å². The van der Waals surface area contributed by atoms with E-state index in [1.807, 2.05) is 31.3 Å². The normalized spacial score (nSPS) is 11.1. The molecule has 4 heteroatoms. The van der Waals surface area contributed by atoms with E-state index in [2.05, 4.69) is 22.5 Å². The molecule has 0 amide bonds. The quantitative estimate of drug-likeness (QED) is 0.732. The Hall–Kier alpha value is -2.00. The average molecular weight is 272 g/mol. The predicted molar refractivity (Wildman–Crippen MR) is 80.3 cm³/mol. The maximum absolute atomic E-state index is 6.36. The molecule has 96 valence electrons. The van der Waals surface area contributed by atoms with Crippen molar-refractivity contribution in [2.24, 2.45) is 7.05 Å². The van der Waals surface area contributed by atoms with Gasteiger partial charge in [0.2, 0.25) is 0 Å². The van der Waals surface area contributed by atoms with Gasteiger partial charge in [0.05, 0.1) is 28.1 Å². The van der Waals surface area contributed by atoms with Crippen LogP contribution in [0.4, 0.5) is 5.69 Å². The first kappa shape index (κ1) is 12.1. The van der Waals surface area contributed by atoms with E-state index in [0.29, 0.717) is 5.69 Å². The number of halogens is 1. The maximum atomic E-state index is 6.36. The smallest absolute Gasteiger partial charge is 0.0728 e. The summed E-state index contributed by atoms with van der Waals surface area (Å²) in [5.41, 5.74) is 10.6. The number of anilines is 1. The van der Waals surface area contributed by atoms with Crippen molar-refractivity contribution < 1.29 is 0 Å². The predicted octanol–water partition coefficient (Wildman–Crippen LogP) is 3.78. The molecule has 0 spiro atoms. The van der Waals surface area contributed by atoms with Crippen molar-refractivity contribution in [1.82, 2.24) is 9.55 Å². The molecule has 0 bridgehead atoms. The van der Waals surface area contributed by atoms with Crippen molar-refractivity contribution in [3.8, 4) is 11.3 Å². The van der Waals surface area contributed by atoms with Crippen LogP contribution in [0.1, 0.15) is 5.69 Å². The Morgan fingerprint density at radius 3 is 2.68 bits per heavy atom. The van der Waals surface area contributed by atoms with Crippen molar-refractivity contribution in [1.29, 1.82) is 0 Å². The fourth-order valence-corrected chi connectivity index (χ4v) is 2.70. The molecule has 0 aliphatic heterocycles. The van der Waals surface area contributed by atoms with Gasteiger partial charge in [0.15, 0.2) is 0 Å². The number of rotatable bonds is 1. The van der Waals surface area contributed by atoms with Crippen LogP contribution >= 0.6 is 11.6 Å². The second-order valence-electron chi connectivity index (χ2n) is 4.63. The van der Waals surface area contributed by atoms with E-state index in [-0.39, 0.29) is 0 Å². The van der Waals surface area contributed by atoms with Gasteiger partial charge in [-0.25, -0.2) is 0 Å². The van der Waals surface area contributed by atoms with Crippen molar-refractivity contribution >= 4 is 28.2 Å². The molecule has 19 heavy (non-hydrogen) atoms. The molecular formula is C15H14ClN3. The summed E-state index contributed by atoms with van der Waals surface area (Å²) in [6.45, 7) is 2.07. The van der Waals surface area contributed by atoms with Gasteiger partial charge in [0.1, 0.15) is 0 Å². The van der Waals surface area contributed by atoms with Gasteiger partial charge in [0.25, 0.3) is 0 Å². The Balaban J connectivity index is 2.40. The van der Waals surface area contributed by atoms with Crippen LogP contribution < -0.4 is 5.73 Å². The Kier molecular flexibility index (Phi) is 2.72. The number of pyridine rings is 1. The molecule has 3 aromatic rings. The van der Waals surface area contributed by atoms with Gasteiger partial charge in [-0.3, -0.25) is 4.98 Å². The van der Waals surface area contributed by atoms with Crippen LogP contribution in [0.15, 0.2) is 36.5 Å².